The highest BCUT2D eigenvalue weighted by Gasteiger charge is 2.17. The van der Waals surface area contributed by atoms with E-state index in [9.17, 15) is 9.59 Å². The van der Waals surface area contributed by atoms with Crippen LogP contribution >= 0.6 is 23.4 Å². The molecule has 0 saturated heterocycles. The minimum Gasteiger partial charge on any atom is -0.326 e. The summed E-state index contributed by atoms with van der Waals surface area (Å²) >= 11 is 7.35. The number of hydrogen-bond donors (Lipinski definition) is 2. The van der Waals surface area contributed by atoms with Crippen molar-refractivity contribution in [3.05, 3.63) is 83.4 Å². The summed E-state index contributed by atoms with van der Waals surface area (Å²) in [5, 5.41) is 15.6. The number of anilines is 2. The van der Waals surface area contributed by atoms with Gasteiger partial charge in [0.05, 0.1) is 5.75 Å². The molecule has 0 aliphatic rings. The van der Waals surface area contributed by atoms with Crippen LogP contribution < -0.4 is 10.6 Å². The molecule has 7 nitrogen and oxygen atoms in total. The van der Waals surface area contributed by atoms with Crippen molar-refractivity contribution in [2.45, 2.75) is 19.0 Å². The largest absolute Gasteiger partial charge is 0.326 e. The van der Waals surface area contributed by atoms with E-state index in [2.05, 4.69) is 20.8 Å². The van der Waals surface area contributed by atoms with Crippen molar-refractivity contribution in [2.24, 2.45) is 0 Å². The molecule has 1 heterocycles. The number of aryl methyl sites for hydroxylation is 1. The topological polar surface area (TPSA) is 88.9 Å². The Labute approximate surface area is 206 Å². The van der Waals surface area contributed by atoms with Crippen molar-refractivity contribution >= 4 is 46.6 Å². The molecule has 0 aliphatic heterocycles. The second-order valence-electron chi connectivity index (χ2n) is 7.59. The van der Waals surface area contributed by atoms with E-state index in [-0.39, 0.29) is 17.6 Å². The van der Waals surface area contributed by atoms with Crippen LogP contribution in [-0.2, 0) is 9.59 Å². The summed E-state index contributed by atoms with van der Waals surface area (Å²) in [6, 6.07) is 22.4. The number of hydrogen-bond acceptors (Lipinski definition) is 5. The van der Waals surface area contributed by atoms with Crippen LogP contribution in [0.3, 0.4) is 0 Å². The monoisotopic (exact) mass is 491 g/mol. The van der Waals surface area contributed by atoms with E-state index >= 15 is 0 Å². The predicted molar refractivity (Wildman–Crippen MR) is 137 cm³/mol. The smallest absolute Gasteiger partial charge is 0.234 e. The summed E-state index contributed by atoms with van der Waals surface area (Å²) in [6.07, 6.45) is 0. The molecule has 4 aromatic rings. The van der Waals surface area contributed by atoms with E-state index in [1.807, 2.05) is 60.0 Å². The molecule has 0 bridgehead atoms. The summed E-state index contributed by atoms with van der Waals surface area (Å²) in [5.41, 5.74) is 4.08. The van der Waals surface area contributed by atoms with Crippen molar-refractivity contribution < 1.29 is 9.59 Å². The average Bonchev–Trinajstić information content (AvgIpc) is 3.22. The molecule has 0 aliphatic carbocycles. The minimum absolute atomic E-state index is 0.134. The fourth-order valence-electron chi connectivity index (χ4n) is 3.35. The molecule has 3 aromatic carbocycles. The van der Waals surface area contributed by atoms with Gasteiger partial charge in [-0.05, 0) is 67.1 Å². The van der Waals surface area contributed by atoms with E-state index in [1.54, 1.807) is 24.3 Å². The zero-order valence-corrected chi connectivity index (χ0v) is 20.2. The Morgan fingerprint density at radius 2 is 1.65 bits per heavy atom. The highest BCUT2D eigenvalue weighted by Crippen LogP contribution is 2.29. The number of aromatic nitrogens is 3. The molecule has 0 saturated carbocycles. The Kier molecular flexibility index (Phi) is 7.30. The molecule has 1 aromatic heterocycles. The summed E-state index contributed by atoms with van der Waals surface area (Å²) in [7, 11) is 0. The number of carbonyl (C=O) groups excluding carboxylic acids is 2. The number of carbonyl (C=O) groups is 2. The molecule has 9 heteroatoms. The molecule has 172 valence electrons. The Balaban J connectivity index is 1.55. The lowest BCUT2D eigenvalue weighted by Gasteiger charge is -2.11. The molecule has 0 fully saturated rings. The van der Waals surface area contributed by atoms with Crippen LogP contribution in [0.1, 0.15) is 12.5 Å². The van der Waals surface area contributed by atoms with Gasteiger partial charge in [-0.15, -0.1) is 10.2 Å². The normalized spacial score (nSPS) is 10.7. The van der Waals surface area contributed by atoms with E-state index in [4.69, 9.17) is 11.6 Å². The van der Waals surface area contributed by atoms with E-state index in [1.165, 1.54) is 18.7 Å². The molecule has 0 radical (unpaired) electrons. The fraction of sp³-hybridized carbons (Fsp3) is 0.120. The van der Waals surface area contributed by atoms with Gasteiger partial charge in [-0.1, -0.05) is 41.6 Å². The predicted octanol–water partition coefficient (Wildman–Crippen LogP) is 5.59. The first kappa shape index (κ1) is 23.5. The van der Waals surface area contributed by atoms with Gasteiger partial charge in [0.1, 0.15) is 0 Å². The number of nitrogens with zero attached hydrogens (tertiary/aromatic N) is 3. The van der Waals surface area contributed by atoms with E-state index in [0.29, 0.717) is 27.4 Å². The third-order valence-electron chi connectivity index (χ3n) is 4.79. The van der Waals surface area contributed by atoms with Crippen molar-refractivity contribution in [1.29, 1.82) is 0 Å². The van der Waals surface area contributed by atoms with Gasteiger partial charge in [0.2, 0.25) is 11.8 Å². The lowest BCUT2D eigenvalue weighted by atomic mass is 10.2. The molecule has 2 amide bonds. The lowest BCUT2D eigenvalue weighted by Crippen LogP contribution is -2.15. The maximum Gasteiger partial charge on any atom is 0.234 e. The van der Waals surface area contributed by atoms with Crippen molar-refractivity contribution in [2.75, 3.05) is 16.4 Å². The van der Waals surface area contributed by atoms with E-state index in [0.717, 1.165) is 16.8 Å². The van der Waals surface area contributed by atoms with Crippen LogP contribution in [-0.4, -0.2) is 32.3 Å². The molecule has 0 spiro atoms. The summed E-state index contributed by atoms with van der Waals surface area (Å²) in [4.78, 5) is 23.9. The standard InChI is InChI=1S/C25H22ClN5O2S/c1-16-5-3-8-22(13-16)31-24(18-9-11-19(26)12-10-18)29-30-25(31)34-15-23(33)28-21-7-4-6-20(14-21)27-17(2)32/h3-14H,15H2,1-2H3,(H,27,32)(H,28,33). The van der Waals surface area contributed by atoms with Crippen molar-refractivity contribution in [1.82, 2.24) is 14.8 Å². The average molecular weight is 492 g/mol. The summed E-state index contributed by atoms with van der Waals surface area (Å²) in [6.45, 7) is 3.45. The molecule has 4 rings (SSSR count). The number of thioether (sulfide) groups is 1. The quantitative estimate of drug-likeness (QED) is 0.329. The van der Waals surface area contributed by atoms with Gasteiger partial charge >= 0.3 is 0 Å². The van der Waals surface area contributed by atoms with Crippen LogP contribution in [0.2, 0.25) is 5.02 Å². The zero-order chi connectivity index (χ0) is 24.1. The number of rotatable bonds is 7. The minimum atomic E-state index is -0.197. The number of benzene rings is 3. The Hall–Kier alpha value is -3.62. The number of nitrogens with one attached hydrogen (secondary N) is 2. The molecule has 34 heavy (non-hydrogen) atoms. The van der Waals surface area contributed by atoms with Gasteiger partial charge in [-0.2, -0.15) is 0 Å². The van der Waals surface area contributed by atoms with Gasteiger partial charge in [0, 0.05) is 34.6 Å². The van der Waals surface area contributed by atoms with Gasteiger partial charge < -0.3 is 10.6 Å². The summed E-state index contributed by atoms with van der Waals surface area (Å²) < 4.78 is 1.94. The van der Waals surface area contributed by atoms with Crippen molar-refractivity contribution in [3.63, 3.8) is 0 Å². The second-order valence-corrected chi connectivity index (χ2v) is 8.97. The third kappa shape index (κ3) is 5.84. The van der Waals surface area contributed by atoms with Crippen LogP contribution in [0, 0.1) is 6.92 Å². The zero-order valence-electron chi connectivity index (χ0n) is 18.6. The van der Waals surface area contributed by atoms with Gasteiger partial charge in [-0.3, -0.25) is 14.2 Å². The maximum absolute atomic E-state index is 12.6. The van der Waals surface area contributed by atoms with Crippen LogP contribution in [0.15, 0.2) is 78.0 Å². The van der Waals surface area contributed by atoms with Crippen LogP contribution in [0.25, 0.3) is 17.1 Å². The first-order valence-electron chi connectivity index (χ1n) is 10.5. The first-order valence-corrected chi connectivity index (χ1v) is 11.8. The van der Waals surface area contributed by atoms with Gasteiger partial charge in [0.25, 0.3) is 0 Å². The lowest BCUT2D eigenvalue weighted by molar-refractivity contribution is -0.114. The molecule has 0 unspecified atom stereocenters. The number of halogens is 1. The SMILES string of the molecule is CC(=O)Nc1cccc(NC(=O)CSc2nnc(-c3ccc(Cl)cc3)n2-c2cccc(C)c2)c1. The van der Waals surface area contributed by atoms with E-state index < -0.39 is 0 Å². The highest BCUT2D eigenvalue weighted by molar-refractivity contribution is 7.99. The third-order valence-corrected chi connectivity index (χ3v) is 5.98. The number of amides is 2. The second kappa shape index (κ2) is 10.5. The Morgan fingerprint density at radius 3 is 2.35 bits per heavy atom. The summed E-state index contributed by atoms with van der Waals surface area (Å²) in [5.74, 6) is 0.422. The Bertz CT molecular complexity index is 1340. The maximum atomic E-state index is 12.6. The fourth-order valence-corrected chi connectivity index (χ4v) is 4.23. The van der Waals surface area contributed by atoms with Crippen LogP contribution in [0.5, 0.6) is 0 Å². The molecule has 0 atom stereocenters. The Morgan fingerprint density at radius 1 is 0.941 bits per heavy atom. The molecular weight excluding hydrogens is 470 g/mol. The molecule has 2 N–H and O–H groups in total. The highest BCUT2D eigenvalue weighted by atomic mass is 35.5. The van der Waals surface area contributed by atoms with Crippen LogP contribution in [0.4, 0.5) is 11.4 Å². The van der Waals surface area contributed by atoms with Gasteiger partial charge in [-0.25, -0.2) is 0 Å². The van der Waals surface area contributed by atoms with Crippen molar-refractivity contribution in [3.8, 4) is 17.1 Å². The van der Waals surface area contributed by atoms with Gasteiger partial charge in [0.15, 0.2) is 11.0 Å². The first-order chi connectivity index (χ1) is 16.4. The molecular formula is C25H22ClN5O2S.